The third-order valence-corrected chi connectivity index (χ3v) is 5.39. The molecule has 0 saturated carbocycles. The van der Waals surface area contributed by atoms with Gasteiger partial charge in [-0.1, -0.05) is 17.7 Å². The normalized spacial score (nSPS) is 16.3. The number of carbonyl (C=O) groups is 2. The fourth-order valence-corrected chi connectivity index (χ4v) is 3.69. The standard InChI is InChI=1S/C22H22ClN5O2/c1-15-4-2-6-20(25-15)26-21(29)16-5-3-11-27(13-16)22(30)17-12-24-28(14-17)19-9-7-18(23)8-10-19/h2,4,6-10,12,14,16H,3,5,11,13H2,1H3,(H,25,26,29). The van der Waals surface area contributed by atoms with Crippen LogP contribution in [0.1, 0.15) is 28.9 Å². The van der Waals surface area contributed by atoms with Crippen molar-refractivity contribution >= 4 is 29.2 Å². The van der Waals surface area contributed by atoms with Crippen LogP contribution in [0.5, 0.6) is 0 Å². The number of halogens is 1. The van der Waals surface area contributed by atoms with Crippen molar-refractivity contribution in [3.8, 4) is 5.69 Å². The van der Waals surface area contributed by atoms with Crippen LogP contribution < -0.4 is 5.32 Å². The molecule has 1 saturated heterocycles. The lowest BCUT2D eigenvalue weighted by molar-refractivity contribution is -0.121. The fraction of sp³-hybridized carbons (Fsp3) is 0.273. The van der Waals surface area contributed by atoms with Crippen LogP contribution in [0, 0.1) is 12.8 Å². The van der Waals surface area contributed by atoms with Crippen molar-refractivity contribution in [2.45, 2.75) is 19.8 Å². The monoisotopic (exact) mass is 423 g/mol. The molecule has 3 aromatic rings. The second kappa shape index (κ2) is 8.67. The summed E-state index contributed by atoms with van der Waals surface area (Å²) >= 11 is 5.93. The highest BCUT2D eigenvalue weighted by Gasteiger charge is 2.29. The van der Waals surface area contributed by atoms with Crippen LogP contribution in [-0.4, -0.2) is 44.6 Å². The second-order valence-corrected chi connectivity index (χ2v) is 7.83. The molecule has 1 aliphatic rings. The van der Waals surface area contributed by atoms with E-state index >= 15 is 0 Å². The minimum absolute atomic E-state index is 0.109. The number of hydrogen-bond donors (Lipinski definition) is 1. The molecule has 0 aliphatic carbocycles. The first-order valence-corrected chi connectivity index (χ1v) is 10.2. The van der Waals surface area contributed by atoms with Crippen molar-refractivity contribution in [3.05, 3.63) is 71.1 Å². The van der Waals surface area contributed by atoms with E-state index in [1.165, 1.54) is 0 Å². The number of benzene rings is 1. The Kier molecular flexibility index (Phi) is 5.81. The lowest BCUT2D eigenvalue weighted by Crippen LogP contribution is -2.43. The second-order valence-electron chi connectivity index (χ2n) is 7.39. The Hall–Kier alpha value is -3.19. The van der Waals surface area contributed by atoms with Gasteiger partial charge in [-0.2, -0.15) is 5.10 Å². The van der Waals surface area contributed by atoms with Gasteiger partial charge in [0.2, 0.25) is 5.91 Å². The predicted octanol–water partition coefficient (Wildman–Crippen LogP) is 3.72. The zero-order valence-electron chi connectivity index (χ0n) is 16.6. The highest BCUT2D eigenvalue weighted by Crippen LogP contribution is 2.21. The van der Waals surface area contributed by atoms with Gasteiger partial charge >= 0.3 is 0 Å². The Balaban J connectivity index is 1.42. The van der Waals surface area contributed by atoms with Crippen molar-refractivity contribution in [1.29, 1.82) is 0 Å². The van der Waals surface area contributed by atoms with Crippen LogP contribution in [0.15, 0.2) is 54.9 Å². The Labute approximate surface area is 179 Å². The SMILES string of the molecule is Cc1cccc(NC(=O)C2CCCN(C(=O)c3cnn(-c4ccc(Cl)cc4)c3)C2)n1. The summed E-state index contributed by atoms with van der Waals surface area (Å²) in [6, 6.07) is 12.7. The molecule has 1 aliphatic heterocycles. The molecule has 1 unspecified atom stereocenters. The van der Waals surface area contributed by atoms with Crippen LogP contribution in [0.2, 0.25) is 5.02 Å². The van der Waals surface area contributed by atoms with Gasteiger partial charge in [0.25, 0.3) is 5.91 Å². The summed E-state index contributed by atoms with van der Waals surface area (Å²) in [6.07, 6.45) is 4.77. The van der Waals surface area contributed by atoms with Crippen molar-refractivity contribution in [2.24, 2.45) is 5.92 Å². The molecule has 3 heterocycles. The molecular formula is C22H22ClN5O2. The van der Waals surface area contributed by atoms with E-state index < -0.39 is 0 Å². The fourth-order valence-electron chi connectivity index (χ4n) is 3.57. The van der Waals surface area contributed by atoms with Crippen LogP contribution in [0.4, 0.5) is 5.82 Å². The lowest BCUT2D eigenvalue weighted by Gasteiger charge is -2.31. The smallest absolute Gasteiger partial charge is 0.257 e. The van der Waals surface area contributed by atoms with E-state index in [0.717, 1.165) is 24.2 Å². The third kappa shape index (κ3) is 4.52. The molecule has 0 radical (unpaired) electrons. The summed E-state index contributed by atoms with van der Waals surface area (Å²) in [5.74, 6) is 0.0351. The molecule has 154 valence electrons. The zero-order valence-corrected chi connectivity index (χ0v) is 17.3. The molecular weight excluding hydrogens is 402 g/mol. The van der Waals surface area contributed by atoms with Crippen LogP contribution in [-0.2, 0) is 4.79 Å². The number of hydrogen-bond acceptors (Lipinski definition) is 4. The van der Waals surface area contributed by atoms with Gasteiger partial charge < -0.3 is 10.2 Å². The van der Waals surface area contributed by atoms with E-state index in [9.17, 15) is 9.59 Å². The molecule has 7 nitrogen and oxygen atoms in total. The van der Waals surface area contributed by atoms with Gasteiger partial charge in [-0.25, -0.2) is 9.67 Å². The number of aryl methyl sites for hydroxylation is 1. The molecule has 1 fully saturated rings. The molecule has 0 bridgehead atoms. The van der Waals surface area contributed by atoms with Crippen LogP contribution >= 0.6 is 11.6 Å². The maximum Gasteiger partial charge on any atom is 0.257 e. The van der Waals surface area contributed by atoms with Gasteiger partial charge in [-0.3, -0.25) is 9.59 Å². The van der Waals surface area contributed by atoms with Crippen molar-refractivity contribution in [2.75, 3.05) is 18.4 Å². The van der Waals surface area contributed by atoms with Crippen LogP contribution in [0.3, 0.4) is 0 Å². The van der Waals surface area contributed by atoms with Crippen molar-refractivity contribution < 1.29 is 9.59 Å². The molecule has 8 heteroatoms. The van der Waals surface area contributed by atoms with E-state index in [2.05, 4.69) is 15.4 Å². The van der Waals surface area contributed by atoms with Crippen molar-refractivity contribution in [1.82, 2.24) is 19.7 Å². The average molecular weight is 424 g/mol. The molecule has 4 rings (SSSR count). The number of piperidine rings is 1. The quantitative estimate of drug-likeness (QED) is 0.693. The van der Waals surface area contributed by atoms with E-state index in [-0.39, 0.29) is 17.7 Å². The first-order valence-electron chi connectivity index (χ1n) is 9.84. The van der Waals surface area contributed by atoms with E-state index in [1.807, 2.05) is 31.2 Å². The number of nitrogens with one attached hydrogen (secondary N) is 1. The first kappa shape index (κ1) is 20.1. The predicted molar refractivity (Wildman–Crippen MR) is 115 cm³/mol. The summed E-state index contributed by atoms with van der Waals surface area (Å²) < 4.78 is 1.64. The van der Waals surface area contributed by atoms with E-state index in [1.54, 1.807) is 40.2 Å². The maximum atomic E-state index is 13.0. The van der Waals surface area contributed by atoms with Crippen LogP contribution in [0.25, 0.3) is 5.69 Å². The van der Waals surface area contributed by atoms with Gasteiger partial charge in [0.15, 0.2) is 0 Å². The summed E-state index contributed by atoms with van der Waals surface area (Å²) in [4.78, 5) is 31.7. The number of carbonyl (C=O) groups excluding carboxylic acids is 2. The average Bonchev–Trinajstić information content (AvgIpc) is 3.24. The van der Waals surface area contributed by atoms with Crippen molar-refractivity contribution in [3.63, 3.8) is 0 Å². The number of aromatic nitrogens is 3. The number of likely N-dealkylation sites (tertiary alicyclic amines) is 1. The molecule has 2 aromatic heterocycles. The van der Waals surface area contributed by atoms with Gasteiger partial charge in [0, 0.05) is 30.0 Å². The zero-order chi connectivity index (χ0) is 21.1. The molecule has 2 amide bonds. The minimum atomic E-state index is -0.267. The molecule has 30 heavy (non-hydrogen) atoms. The van der Waals surface area contributed by atoms with Gasteiger partial charge in [0.05, 0.1) is 23.4 Å². The highest BCUT2D eigenvalue weighted by atomic mass is 35.5. The maximum absolute atomic E-state index is 13.0. The van der Waals surface area contributed by atoms with E-state index in [0.29, 0.717) is 29.5 Å². The number of amides is 2. The first-order chi connectivity index (χ1) is 14.5. The Morgan fingerprint density at radius 1 is 1.17 bits per heavy atom. The van der Waals surface area contributed by atoms with Gasteiger partial charge in [-0.05, 0) is 56.2 Å². The number of anilines is 1. The Bertz CT molecular complexity index is 1060. The molecule has 1 aromatic carbocycles. The topological polar surface area (TPSA) is 80.1 Å². The summed E-state index contributed by atoms with van der Waals surface area (Å²) in [5, 5.41) is 7.79. The minimum Gasteiger partial charge on any atom is -0.338 e. The molecule has 1 N–H and O–H groups in total. The number of pyridine rings is 1. The number of rotatable bonds is 4. The van der Waals surface area contributed by atoms with Gasteiger partial charge in [-0.15, -0.1) is 0 Å². The largest absolute Gasteiger partial charge is 0.338 e. The Morgan fingerprint density at radius 2 is 1.97 bits per heavy atom. The Morgan fingerprint density at radius 3 is 2.73 bits per heavy atom. The van der Waals surface area contributed by atoms with Gasteiger partial charge in [0.1, 0.15) is 5.82 Å². The highest BCUT2D eigenvalue weighted by molar-refractivity contribution is 6.30. The number of nitrogens with zero attached hydrogens (tertiary/aromatic N) is 4. The van der Waals surface area contributed by atoms with E-state index in [4.69, 9.17) is 11.6 Å². The molecule has 1 atom stereocenters. The summed E-state index contributed by atoms with van der Waals surface area (Å²) in [5.41, 5.74) is 2.15. The third-order valence-electron chi connectivity index (χ3n) is 5.14. The summed E-state index contributed by atoms with van der Waals surface area (Å²) in [7, 11) is 0. The summed E-state index contributed by atoms with van der Waals surface area (Å²) in [6.45, 7) is 2.88. The molecule has 0 spiro atoms. The lowest BCUT2D eigenvalue weighted by atomic mass is 9.96.